The number of nitrogens with zero attached hydrogens (tertiary/aromatic N) is 2. The largest absolute Gasteiger partial charge is 0.370 e. The summed E-state index contributed by atoms with van der Waals surface area (Å²) in [6.45, 7) is 5.22. The molecule has 1 aliphatic heterocycles. The molecule has 1 heterocycles. The maximum absolute atomic E-state index is 12.3. The van der Waals surface area contributed by atoms with E-state index in [4.69, 9.17) is 5.73 Å². The number of imide groups is 1. The number of nitrogens with two attached hydrogens (primary N) is 1. The van der Waals surface area contributed by atoms with E-state index in [1.807, 2.05) is 12.1 Å². The Bertz CT molecular complexity index is 870. The van der Waals surface area contributed by atoms with Crippen LogP contribution in [0.15, 0.2) is 53.5 Å². The van der Waals surface area contributed by atoms with Crippen molar-refractivity contribution in [2.45, 2.75) is 32.6 Å². The van der Waals surface area contributed by atoms with Gasteiger partial charge in [0, 0.05) is 18.8 Å². The van der Waals surface area contributed by atoms with E-state index in [0.29, 0.717) is 42.5 Å². The smallest absolute Gasteiger partial charge is 0.261 e. The van der Waals surface area contributed by atoms with Crippen molar-refractivity contribution in [2.24, 2.45) is 10.7 Å². The molecule has 0 spiro atoms. The minimum Gasteiger partial charge on any atom is -0.370 e. The lowest BCUT2D eigenvalue weighted by Crippen LogP contribution is -2.30. The van der Waals surface area contributed by atoms with E-state index >= 15 is 0 Å². The van der Waals surface area contributed by atoms with E-state index in [1.54, 1.807) is 24.3 Å². The minimum absolute atomic E-state index is 0.213. The molecule has 28 heavy (non-hydrogen) atoms. The van der Waals surface area contributed by atoms with Crippen LogP contribution in [0.3, 0.4) is 0 Å². The standard InChI is InChI=1S/C22H26N4O2/c1-15(2)16-8-7-9-17(14-16)25-22(23)24-12-5-6-13-26-20(27)18-10-3-4-11-19(18)21(26)28/h3-4,7-11,14-15H,5-6,12-13H2,1-2H3,(H3,23,24,25). The third kappa shape index (κ3) is 4.39. The molecule has 3 rings (SSSR count). The second-order valence-electron chi connectivity index (χ2n) is 7.19. The molecule has 3 N–H and O–H groups in total. The quantitative estimate of drug-likeness (QED) is 0.333. The van der Waals surface area contributed by atoms with Gasteiger partial charge in [0.15, 0.2) is 5.96 Å². The molecule has 6 nitrogen and oxygen atoms in total. The SMILES string of the molecule is CC(C)c1cccc(NC(N)=NCCCCN2C(=O)c3ccccc3C2=O)c1. The van der Waals surface area contributed by atoms with Gasteiger partial charge >= 0.3 is 0 Å². The third-order valence-corrected chi connectivity index (χ3v) is 4.78. The molecule has 2 aromatic rings. The molecule has 2 amide bonds. The van der Waals surface area contributed by atoms with Gasteiger partial charge in [0.1, 0.15) is 0 Å². The molecule has 0 radical (unpaired) electrons. The number of benzene rings is 2. The first-order valence-corrected chi connectivity index (χ1v) is 9.59. The van der Waals surface area contributed by atoms with E-state index < -0.39 is 0 Å². The van der Waals surface area contributed by atoms with Crippen LogP contribution in [0.4, 0.5) is 5.69 Å². The first kappa shape index (κ1) is 19.6. The van der Waals surface area contributed by atoms with Gasteiger partial charge in [-0.25, -0.2) is 0 Å². The summed E-state index contributed by atoms with van der Waals surface area (Å²) in [5.41, 5.74) is 9.09. The highest BCUT2D eigenvalue weighted by atomic mass is 16.2. The van der Waals surface area contributed by atoms with Crippen molar-refractivity contribution in [3.8, 4) is 0 Å². The number of hydrogen-bond acceptors (Lipinski definition) is 3. The van der Waals surface area contributed by atoms with E-state index in [1.165, 1.54) is 10.5 Å². The third-order valence-electron chi connectivity index (χ3n) is 4.78. The lowest BCUT2D eigenvalue weighted by molar-refractivity contribution is 0.0652. The fourth-order valence-corrected chi connectivity index (χ4v) is 3.19. The number of guanidine groups is 1. The second-order valence-corrected chi connectivity index (χ2v) is 7.19. The summed E-state index contributed by atoms with van der Waals surface area (Å²) in [4.78, 5) is 30.3. The topological polar surface area (TPSA) is 87.8 Å². The summed E-state index contributed by atoms with van der Waals surface area (Å²) in [5.74, 6) is 0.384. The number of fused-ring (bicyclic) bond motifs is 1. The highest BCUT2D eigenvalue weighted by molar-refractivity contribution is 6.21. The first-order chi connectivity index (χ1) is 13.5. The molecule has 0 aliphatic carbocycles. The molecular weight excluding hydrogens is 352 g/mol. The molecule has 0 saturated carbocycles. The molecule has 146 valence electrons. The van der Waals surface area contributed by atoms with Gasteiger partial charge in [-0.1, -0.05) is 38.1 Å². The summed E-state index contributed by atoms with van der Waals surface area (Å²) in [6.07, 6.45) is 1.42. The zero-order chi connectivity index (χ0) is 20.1. The molecule has 0 fully saturated rings. The first-order valence-electron chi connectivity index (χ1n) is 9.59. The zero-order valence-corrected chi connectivity index (χ0v) is 16.3. The Morgan fingerprint density at radius 2 is 1.71 bits per heavy atom. The van der Waals surface area contributed by atoms with Crippen LogP contribution in [0, 0.1) is 0 Å². The van der Waals surface area contributed by atoms with Crippen LogP contribution in [0.2, 0.25) is 0 Å². The highest BCUT2D eigenvalue weighted by Crippen LogP contribution is 2.22. The van der Waals surface area contributed by atoms with Crippen molar-refractivity contribution in [3.05, 3.63) is 65.2 Å². The number of aliphatic imine (C=N–C) groups is 1. The normalized spacial score (nSPS) is 14.0. The molecule has 1 aliphatic rings. The fourth-order valence-electron chi connectivity index (χ4n) is 3.19. The Morgan fingerprint density at radius 1 is 1.04 bits per heavy atom. The lowest BCUT2D eigenvalue weighted by Gasteiger charge is -2.13. The van der Waals surface area contributed by atoms with Gasteiger partial charge in [-0.3, -0.25) is 19.5 Å². The van der Waals surface area contributed by atoms with Crippen molar-refractivity contribution in [2.75, 3.05) is 18.4 Å². The van der Waals surface area contributed by atoms with E-state index in [0.717, 1.165) is 12.1 Å². The van der Waals surface area contributed by atoms with Gasteiger partial charge in [-0.05, 0) is 48.6 Å². The lowest BCUT2D eigenvalue weighted by atomic mass is 10.0. The van der Waals surface area contributed by atoms with Crippen LogP contribution in [0.1, 0.15) is 58.9 Å². The number of anilines is 1. The maximum Gasteiger partial charge on any atom is 0.261 e. The molecule has 0 bridgehead atoms. The molecule has 0 saturated heterocycles. The van der Waals surface area contributed by atoms with Gasteiger partial charge in [0.05, 0.1) is 11.1 Å². The van der Waals surface area contributed by atoms with Gasteiger partial charge < -0.3 is 11.1 Å². The number of nitrogens with one attached hydrogen (secondary N) is 1. The highest BCUT2D eigenvalue weighted by Gasteiger charge is 2.34. The Labute approximate surface area is 165 Å². The number of rotatable bonds is 7. The Balaban J connectivity index is 1.45. The summed E-state index contributed by atoms with van der Waals surface area (Å²) < 4.78 is 0. The Hall–Kier alpha value is -3.15. The molecule has 6 heteroatoms. The van der Waals surface area contributed by atoms with Gasteiger partial charge in [-0.15, -0.1) is 0 Å². The van der Waals surface area contributed by atoms with Crippen molar-refractivity contribution < 1.29 is 9.59 Å². The number of carbonyl (C=O) groups excluding carboxylic acids is 2. The van der Waals surface area contributed by atoms with Crippen molar-refractivity contribution >= 4 is 23.5 Å². The van der Waals surface area contributed by atoms with Crippen molar-refractivity contribution in [3.63, 3.8) is 0 Å². The average molecular weight is 378 g/mol. The van der Waals surface area contributed by atoms with Crippen LogP contribution < -0.4 is 11.1 Å². The fraction of sp³-hybridized carbons (Fsp3) is 0.318. The monoisotopic (exact) mass is 378 g/mol. The summed E-state index contributed by atoms with van der Waals surface area (Å²) >= 11 is 0. The summed E-state index contributed by atoms with van der Waals surface area (Å²) in [5, 5.41) is 3.10. The van der Waals surface area contributed by atoms with Crippen molar-refractivity contribution in [1.82, 2.24) is 4.90 Å². The van der Waals surface area contributed by atoms with Crippen LogP contribution in [0.25, 0.3) is 0 Å². The van der Waals surface area contributed by atoms with Crippen molar-refractivity contribution in [1.29, 1.82) is 0 Å². The molecular formula is C22H26N4O2. The molecule has 0 aromatic heterocycles. The van der Waals surface area contributed by atoms with E-state index in [9.17, 15) is 9.59 Å². The number of hydrogen-bond donors (Lipinski definition) is 2. The molecule has 0 unspecified atom stereocenters. The predicted molar refractivity (Wildman–Crippen MR) is 112 cm³/mol. The van der Waals surface area contributed by atoms with E-state index in [2.05, 4.69) is 36.3 Å². The van der Waals surface area contributed by atoms with Crippen LogP contribution in [0.5, 0.6) is 0 Å². The summed E-state index contributed by atoms with van der Waals surface area (Å²) in [7, 11) is 0. The average Bonchev–Trinajstić information content (AvgIpc) is 2.93. The zero-order valence-electron chi connectivity index (χ0n) is 16.3. The van der Waals surface area contributed by atoms with Crippen LogP contribution >= 0.6 is 0 Å². The Kier molecular flexibility index (Phi) is 6.09. The number of amides is 2. The van der Waals surface area contributed by atoms with Crippen LogP contribution in [-0.2, 0) is 0 Å². The van der Waals surface area contributed by atoms with Gasteiger partial charge in [0.25, 0.3) is 11.8 Å². The number of carbonyl (C=O) groups is 2. The minimum atomic E-state index is -0.213. The van der Waals surface area contributed by atoms with E-state index in [-0.39, 0.29) is 11.8 Å². The number of unbranched alkanes of at least 4 members (excludes halogenated alkanes) is 1. The van der Waals surface area contributed by atoms with Gasteiger partial charge in [-0.2, -0.15) is 0 Å². The van der Waals surface area contributed by atoms with Crippen LogP contribution in [-0.4, -0.2) is 35.8 Å². The summed E-state index contributed by atoms with van der Waals surface area (Å²) in [6, 6.07) is 15.0. The maximum atomic E-state index is 12.3. The molecule has 0 atom stereocenters. The van der Waals surface area contributed by atoms with Gasteiger partial charge in [0.2, 0.25) is 0 Å². The second kappa shape index (κ2) is 8.69. The molecule has 2 aromatic carbocycles. The predicted octanol–water partition coefficient (Wildman–Crippen LogP) is 3.61. The Morgan fingerprint density at radius 3 is 2.36 bits per heavy atom.